The summed E-state index contributed by atoms with van der Waals surface area (Å²) >= 11 is 1.53. The van der Waals surface area contributed by atoms with Crippen LogP contribution in [0.15, 0.2) is 29.1 Å². The average Bonchev–Trinajstić information content (AvgIpc) is 2.82. The second kappa shape index (κ2) is 4.49. The molecule has 6 nitrogen and oxygen atoms in total. The van der Waals surface area contributed by atoms with Crippen LogP contribution in [0.4, 0.5) is 5.82 Å². The van der Waals surface area contributed by atoms with E-state index in [4.69, 9.17) is 5.84 Å². The molecule has 7 heteroatoms. The highest BCUT2D eigenvalue weighted by Crippen LogP contribution is 2.29. The molecule has 0 saturated heterocycles. The number of rotatable bonds is 1. The van der Waals surface area contributed by atoms with E-state index in [-0.39, 0.29) is 5.56 Å². The highest BCUT2D eigenvalue weighted by Gasteiger charge is 2.16. The zero-order valence-corrected chi connectivity index (χ0v) is 12.9. The van der Waals surface area contributed by atoms with E-state index >= 15 is 0 Å². The van der Waals surface area contributed by atoms with Crippen molar-refractivity contribution in [1.82, 2.24) is 14.6 Å². The van der Waals surface area contributed by atoms with E-state index in [1.165, 1.54) is 15.9 Å². The first kappa shape index (κ1) is 13.2. The second-order valence-corrected chi connectivity index (χ2v) is 6.36. The summed E-state index contributed by atoms with van der Waals surface area (Å²) in [7, 11) is 0. The number of thiophene rings is 1. The summed E-state index contributed by atoms with van der Waals surface area (Å²) in [5.41, 5.74) is 3.91. The van der Waals surface area contributed by atoms with Gasteiger partial charge in [0.2, 0.25) is 0 Å². The summed E-state index contributed by atoms with van der Waals surface area (Å²) in [5.74, 6) is 6.01. The Morgan fingerprint density at radius 1 is 1.23 bits per heavy atom. The number of aromatic nitrogens is 3. The van der Waals surface area contributed by atoms with Crippen LogP contribution in [-0.4, -0.2) is 14.6 Å². The van der Waals surface area contributed by atoms with Gasteiger partial charge in [-0.2, -0.15) is 4.52 Å². The van der Waals surface area contributed by atoms with Crippen molar-refractivity contribution in [3.8, 4) is 0 Å². The number of benzene rings is 1. The van der Waals surface area contributed by atoms with Gasteiger partial charge in [0, 0.05) is 15.6 Å². The standard InChI is InChI=1S/C15H13N5OS/c1-7-8(2)22-14-11(7)15(21)20-13(17-14)10-6-4-3-5-9(10)12(18-16)19-20/h3-6H,16H2,1-2H3,(H,18,19). The van der Waals surface area contributed by atoms with Gasteiger partial charge in [-0.05, 0) is 19.4 Å². The fourth-order valence-electron chi connectivity index (χ4n) is 2.70. The Kier molecular flexibility index (Phi) is 2.69. The van der Waals surface area contributed by atoms with Crippen LogP contribution in [0.25, 0.3) is 26.6 Å². The third kappa shape index (κ3) is 1.60. The molecular weight excluding hydrogens is 298 g/mol. The molecule has 3 N–H and O–H groups in total. The molecule has 0 aliphatic carbocycles. The van der Waals surface area contributed by atoms with Gasteiger partial charge in [0.15, 0.2) is 11.5 Å². The molecule has 3 aromatic heterocycles. The predicted octanol–water partition coefficient (Wildman–Crippen LogP) is 2.36. The number of hydrazine groups is 1. The highest BCUT2D eigenvalue weighted by atomic mass is 32.1. The third-order valence-electron chi connectivity index (χ3n) is 3.94. The van der Waals surface area contributed by atoms with Crippen molar-refractivity contribution in [2.75, 3.05) is 5.43 Å². The number of nitrogen functional groups attached to an aromatic ring is 1. The molecule has 0 aliphatic rings. The number of anilines is 1. The Morgan fingerprint density at radius 2 is 1.95 bits per heavy atom. The molecule has 0 fully saturated rings. The quantitative estimate of drug-likeness (QED) is 0.320. The van der Waals surface area contributed by atoms with Crippen LogP contribution in [0, 0.1) is 13.8 Å². The van der Waals surface area contributed by atoms with Crippen molar-refractivity contribution in [3.63, 3.8) is 0 Å². The normalized spacial score (nSPS) is 11.6. The molecule has 110 valence electrons. The number of fused-ring (bicyclic) bond motifs is 4. The molecule has 1 aromatic carbocycles. The van der Waals surface area contributed by atoms with Gasteiger partial charge < -0.3 is 5.43 Å². The van der Waals surface area contributed by atoms with E-state index in [0.717, 1.165) is 26.0 Å². The van der Waals surface area contributed by atoms with E-state index in [9.17, 15) is 4.79 Å². The third-order valence-corrected chi connectivity index (χ3v) is 5.04. The molecule has 0 radical (unpaired) electrons. The minimum Gasteiger partial charge on any atom is -0.307 e. The maximum absolute atomic E-state index is 12.8. The number of nitrogens with two attached hydrogens (primary N) is 1. The molecule has 0 aliphatic heterocycles. The summed E-state index contributed by atoms with van der Waals surface area (Å²) in [6.07, 6.45) is 0. The van der Waals surface area contributed by atoms with Gasteiger partial charge in [0.05, 0.1) is 5.39 Å². The molecule has 4 rings (SSSR count). The molecule has 3 heterocycles. The zero-order chi connectivity index (χ0) is 15.4. The number of hydrogen-bond acceptors (Lipinski definition) is 6. The fraction of sp³-hybridized carbons (Fsp3) is 0.133. The average molecular weight is 311 g/mol. The van der Waals surface area contributed by atoms with Gasteiger partial charge in [-0.3, -0.25) is 4.79 Å². The maximum Gasteiger partial charge on any atom is 0.283 e. The van der Waals surface area contributed by atoms with Gasteiger partial charge in [0.25, 0.3) is 5.56 Å². The monoisotopic (exact) mass is 311 g/mol. The van der Waals surface area contributed by atoms with Crippen molar-refractivity contribution in [1.29, 1.82) is 0 Å². The molecule has 4 aromatic rings. The minimum atomic E-state index is -0.163. The lowest BCUT2D eigenvalue weighted by Crippen LogP contribution is -2.21. The van der Waals surface area contributed by atoms with Gasteiger partial charge in [-0.15, -0.1) is 16.4 Å². The van der Waals surface area contributed by atoms with Crippen molar-refractivity contribution in [2.24, 2.45) is 5.84 Å². The van der Waals surface area contributed by atoms with Gasteiger partial charge >= 0.3 is 0 Å². The molecule has 0 amide bonds. The van der Waals surface area contributed by atoms with E-state index in [1.807, 2.05) is 38.1 Å². The van der Waals surface area contributed by atoms with Crippen LogP contribution >= 0.6 is 11.3 Å². The Hall–Kier alpha value is -2.51. The van der Waals surface area contributed by atoms with Crippen molar-refractivity contribution in [3.05, 3.63) is 45.1 Å². The van der Waals surface area contributed by atoms with Crippen LogP contribution in [-0.2, 0) is 0 Å². The van der Waals surface area contributed by atoms with Crippen LogP contribution in [0.3, 0.4) is 0 Å². The maximum atomic E-state index is 12.8. The molecule has 22 heavy (non-hydrogen) atoms. The van der Waals surface area contributed by atoms with Crippen LogP contribution < -0.4 is 16.8 Å². The topological polar surface area (TPSA) is 85.3 Å². The highest BCUT2D eigenvalue weighted by molar-refractivity contribution is 7.18. The predicted molar refractivity (Wildman–Crippen MR) is 89.4 cm³/mol. The Balaban J connectivity index is 2.34. The molecule has 0 saturated carbocycles. The molecular formula is C15H13N5OS. The first-order chi connectivity index (χ1) is 10.6. The first-order valence-electron chi connectivity index (χ1n) is 6.80. The van der Waals surface area contributed by atoms with E-state index in [0.29, 0.717) is 16.9 Å². The summed E-state index contributed by atoms with van der Waals surface area (Å²) in [4.78, 5) is 19.4. The summed E-state index contributed by atoms with van der Waals surface area (Å²) in [6.45, 7) is 3.93. The zero-order valence-electron chi connectivity index (χ0n) is 12.0. The number of nitrogens with one attached hydrogen (secondary N) is 1. The van der Waals surface area contributed by atoms with Gasteiger partial charge in [0.1, 0.15) is 4.83 Å². The minimum absolute atomic E-state index is 0.163. The molecule has 0 bridgehead atoms. The summed E-state index contributed by atoms with van der Waals surface area (Å²) in [6, 6.07) is 7.62. The lowest BCUT2D eigenvalue weighted by atomic mass is 10.1. The van der Waals surface area contributed by atoms with Crippen LogP contribution in [0.2, 0.25) is 0 Å². The molecule has 0 atom stereocenters. The van der Waals surface area contributed by atoms with Gasteiger partial charge in [-0.25, -0.2) is 10.8 Å². The Bertz CT molecular complexity index is 1110. The van der Waals surface area contributed by atoms with E-state index in [2.05, 4.69) is 15.5 Å². The van der Waals surface area contributed by atoms with Crippen LogP contribution in [0.5, 0.6) is 0 Å². The largest absolute Gasteiger partial charge is 0.307 e. The second-order valence-electron chi connectivity index (χ2n) is 5.15. The van der Waals surface area contributed by atoms with Crippen LogP contribution in [0.1, 0.15) is 10.4 Å². The SMILES string of the molecule is Cc1sc2nc3c4ccccc4c(NN)nn3c(=O)c2c1C. The van der Waals surface area contributed by atoms with E-state index in [1.54, 1.807) is 0 Å². The number of nitrogens with zero attached hydrogens (tertiary/aromatic N) is 3. The fourth-order valence-corrected chi connectivity index (χ4v) is 3.72. The summed E-state index contributed by atoms with van der Waals surface area (Å²) < 4.78 is 1.33. The number of aryl methyl sites for hydroxylation is 2. The lowest BCUT2D eigenvalue weighted by Gasteiger charge is -2.08. The lowest BCUT2D eigenvalue weighted by molar-refractivity contribution is 0.892. The summed E-state index contributed by atoms with van der Waals surface area (Å²) in [5, 5.41) is 6.64. The van der Waals surface area contributed by atoms with E-state index < -0.39 is 0 Å². The Morgan fingerprint density at radius 3 is 2.68 bits per heavy atom. The van der Waals surface area contributed by atoms with Crippen molar-refractivity contribution < 1.29 is 0 Å². The smallest absolute Gasteiger partial charge is 0.283 e. The van der Waals surface area contributed by atoms with Crippen molar-refractivity contribution in [2.45, 2.75) is 13.8 Å². The van der Waals surface area contributed by atoms with Gasteiger partial charge in [-0.1, -0.05) is 24.3 Å². The van der Waals surface area contributed by atoms with Crippen molar-refractivity contribution >= 4 is 43.8 Å². The number of hydrogen-bond donors (Lipinski definition) is 2. The Labute approximate surface area is 129 Å². The molecule has 0 spiro atoms. The molecule has 0 unspecified atom stereocenters. The first-order valence-corrected chi connectivity index (χ1v) is 7.61.